The van der Waals surface area contributed by atoms with Crippen LogP contribution in [0.2, 0.25) is 0 Å². The van der Waals surface area contributed by atoms with Crippen molar-refractivity contribution in [1.29, 1.82) is 0 Å². The van der Waals surface area contributed by atoms with Gasteiger partial charge in [0.2, 0.25) is 11.7 Å². The van der Waals surface area contributed by atoms with Crippen LogP contribution in [0.5, 0.6) is 17.2 Å². The highest BCUT2D eigenvalue weighted by Crippen LogP contribution is 2.50. The summed E-state index contributed by atoms with van der Waals surface area (Å²) in [6, 6.07) is 7.94. The first-order chi connectivity index (χ1) is 16.3. The Kier molecular flexibility index (Phi) is 6.28. The molecule has 1 heterocycles. The van der Waals surface area contributed by atoms with Gasteiger partial charge >= 0.3 is 0 Å². The predicted octanol–water partition coefficient (Wildman–Crippen LogP) is 4.46. The number of anilines is 1. The summed E-state index contributed by atoms with van der Waals surface area (Å²) in [5.74, 6) is 0.466. The summed E-state index contributed by atoms with van der Waals surface area (Å²) < 4.78 is 16.5. The lowest BCUT2D eigenvalue weighted by atomic mass is 9.76. The molecule has 1 aliphatic heterocycles. The zero-order chi connectivity index (χ0) is 24.6. The van der Waals surface area contributed by atoms with Gasteiger partial charge in [0, 0.05) is 47.7 Å². The number of nitro groups is 1. The molecule has 0 aromatic heterocycles. The zero-order valence-electron chi connectivity index (χ0n) is 19.5. The maximum atomic E-state index is 13.6. The Morgan fingerprint density at radius 1 is 1.00 bits per heavy atom. The van der Waals surface area contributed by atoms with E-state index in [0.29, 0.717) is 64.6 Å². The molecular formula is C25H26N2O7. The Balaban J connectivity index is 1.93. The molecule has 1 atom stereocenters. The number of aryl methyl sites for hydroxylation is 1. The van der Waals surface area contributed by atoms with Crippen molar-refractivity contribution in [3.63, 3.8) is 0 Å². The Bertz CT molecular complexity index is 1220. The molecule has 2 aromatic rings. The van der Waals surface area contributed by atoms with Crippen LogP contribution in [-0.2, 0) is 9.59 Å². The van der Waals surface area contributed by atoms with E-state index in [1.54, 1.807) is 25.1 Å². The Hall–Kier alpha value is -3.88. The smallest absolute Gasteiger partial charge is 0.271 e. The maximum absolute atomic E-state index is 13.6. The molecule has 1 unspecified atom stereocenters. The van der Waals surface area contributed by atoms with Gasteiger partial charge in [0.1, 0.15) is 0 Å². The molecule has 4 rings (SSSR count). The molecule has 9 nitrogen and oxygen atoms in total. The third-order valence-electron chi connectivity index (χ3n) is 6.43. The number of ether oxygens (including phenoxy) is 3. The van der Waals surface area contributed by atoms with E-state index < -0.39 is 10.8 Å². The lowest BCUT2D eigenvalue weighted by Crippen LogP contribution is -2.41. The number of amides is 1. The predicted molar refractivity (Wildman–Crippen MR) is 125 cm³/mol. The van der Waals surface area contributed by atoms with Crippen molar-refractivity contribution >= 4 is 23.1 Å². The van der Waals surface area contributed by atoms with E-state index in [9.17, 15) is 19.7 Å². The maximum Gasteiger partial charge on any atom is 0.271 e. The quantitative estimate of drug-likeness (QED) is 0.457. The topological polar surface area (TPSA) is 108 Å². The lowest BCUT2D eigenvalue weighted by molar-refractivity contribution is -0.384. The first kappa shape index (κ1) is 23.3. The number of ketones is 1. The first-order valence-corrected chi connectivity index (χ1v) is 10.9. The van der Waals surface area contributed by atoms with Crippen LogP contribution in [0.1, 0.15) is 42.7 Å². The summed E-state index contributed by atoms with van der Waals surface area (Å²) in [4.78, 5) is 39.2. The van der Waals surface area contributed by atoms with Crippen molar-refractivity contribution in [2.75, 3.05) is 26.2 Å². The molecule has 9 heteroatoms. The minimum atomic E-state index is -0.527. The molecule has 0 fully saturated rings. The number of methoxy groups -OCH3 is 3. The molecule has 34 heavy (non-hydrogen) atoms. The van der Waals surface area contributed by atoms with Gasteiger partial charge < -0.3 is 14.2 Å². The van der Waals surface area contributed by atoms with Gasteiger partial charge in [0.05, 0.1) is 31.9 Å². The number of non-ortho nitro benzene ring substituents is 1. The molecule has 0 saturated carbocycles. The van der Waals surface area contributed by atoms with Crippen molar-refractivity contribution in [2.45, 2.75) is 38.5 Å². The number of nitro benzene ring substituents is 1. The van der Waals surface area contributed by atoms with Gasteiger partial charge in [0.25, 0.3) is 5.69 Å². The highest BCUT2D eigenvalue weighted by Gasteiger charge is 2.42. The van der Waals surface area contributed by atoms with Crippen LogP contribution in [0.15, 0.2) is 41.6 Å². The minimum absolute atomic E-state index is 0.0124. The average Bonchev–Trinajstić information content (AvgIpc) is 2.83. The van der Waals surface area contributed by atoms with Gasteiger partial charge in [-0.1, -0.05) is 12.1 Å². The molecule has 2 aromatic carbocycles. The van der Waals surface area contributed by atoms with Crippen LogP contribution in [0.4, 0.5) is 11.4 Å². The van der Waals surface area contributed by atoms with Crippen LogP contribution < -0.4 is 19.1 Å². The number of hydrogen-bond acceptors (Lipinski definition) is 7. The molecule has 0 N–H and O–H groups in total. The molecule has 1 aliphatic carbocycles. The summed E-state index contributed by atoms with van der Waals surface area (Å²) >= 11 is 0. The summed E-state index contributed by atoms with van der Waals surface area (Å²) in [6.07, 6.45) is 1.51. The summed E-state index contributed by atoms with van der Waals surface area (Å²) in [5.41, 5.74) is 2.83. The number of carbonyl (C=O) groups is 2. The second-order valence-electron chi connectivity index (χ2n) is 8.27. The van der Waals surface area contributed by atoms with Crippen LogP contribution in [-0.4, -0.2) is 37.9 Å². The van der Waals surface area contributed by atoms with Gasteiger partial charge in [0.15, 0.2) is 17.3 Å². The standard InChI is InChI=1S/C25H26N2O7/c1-14-8-9-15(27(30)31)12-19(14)26-18-6-5-7-20(28)23(18)17(13-22(26)29)16-10-11-21(32-2)25(34-4)24(16)33-3/h8-12,17H,5-7,13H2,1-4H3. The Morgan fingerprint density at radius 2 is 1.74 bits per heavy atom. The average molecular weight is 466 g/mol. The molecule has 178 valence electrons. The molecular weight excluding hydrogens is 440 g/mol. The second-order valence-corrected chi connectivity index (χ2v) is 8.27. The van der Waals surface area contributed by atoms with E-state index in [0.717, 1.165) is 0 Å². The number of hydrogen-bond donors (Lipinski definition) is 0. The number of rotatable bonds is 6. The fraction of sp³-hybridized carbons (Fsp3) is 0.360. The van der Waals surface area contributed by atoms with Crippen LogP contribution in [0.25, 0.3) is 0 Å². The van der Waals surface area contributed by atoms with E-state index in [1.165, 1.54) is 38.4 Å². The third kappa shape index (κ3) is 3.76. The summed E-state index contributed by atoms with van der Waals surface area (Å²) in [7, 11) is 4.52. The largest absolute Gasteiger partial charge is 0.493 e. The van der Waals surface area contributed by atoms with E-state index >= 15 is 0 Å². The van der Waals surface area contributed by atoms with Crippen molar-refractivity contribution in [2.24, 2.45) is 0 Å². The highest BCUT2D eigenvalue weighted by atomic mass is 16.6. The SMILES string of the molecule is COc1ccc(C2CC(=O)N(c3cc([N+](=O)[O-])ccc3C)C3=C2C(=O)CCC3)c(OC)c1OC. The molecule has 2 aliphatic rings. The molecule has 0 bridgehead atoms. The van der Waals surface area contributed by atoms with Gasteiger partial charge in [-0.3, -0.25) is 24.6 Å². The Morgan fingerprint density at radius 3 is 2.38 bits per heavy atom. The van der Waals surface area contributed by atoms with Gasteiger partial charge in [-0.2, -0.15) is 0 Å². The number of carbonyl (C=O) groups excluding carboxylic acids is 2. The fourth-order valence-electron chi connectivity index (χ4n) is 4.89. The van der Waals surface area contributed by atoms with Gasteiger partial charge in [-0.15, -0.1) is 0 Å². The monoisotopic (exact) mass is 466 g/mol. The van der Waals surface area contributed by atoms with Gasteiger partial charge in [-0.05, 0) is 31.4 Å². The van der Waals surface area contributed by atoms with Crippen molar-refractivity contribution in [3.8, 4) is 17.2 Å². The number of allylic oxidation sites excluding steroid dienone is 2. The van der Waals surface area contributed by atoms with Crippen molar-refractivity contribution < 1.29 is 28.7 Å². The summed E-state index contributed by atoms with van der Waals surface area (Å²) in [5, 5.41) is 11.4. The second kappa shape index (κ2) is 9.17. The van der Waals surface area contributed by atoms with Gasteiger partial charge in [-0.25, -0.2) is 0 Å². The van der Waals surface area contributed by atoms with E-state index in [4.69, 9.17) is 14.2 Å². The van der Waals surface area contributed by atoms with Crippen molar-refractivity contribution in [3.05, 3.63) is 62.8 Å². The molecule has 1 amide bonds. The normalized spacial score (nSPS) is 18.0. The summed E-state index contributed by atoms with van der Waals surface area (Å²) in [6.45, 7) is 1.79. The highest BCUT2D eigenvalue weighted by molar-refractivity contribution is 6.08. The molecule has 0 radical (unpaired) electrons. The first-order valence-electron chi connectivity index (χ1n) is 10.9. The molecule has 0 saturated heterocycles. The van der Waals surface area contributed by atoms with E-state index in [2.05, 4.69) is 0 Å². The van der Waals surface area contributed by atoms with Crippen LogP contribution in [0, 0.1) is 17.0 Å². The van der Waals surface area contributed by atoms with Crippen LogP contribution >= 0.6 is 0 Å². The third-order valence-corrected chi connectivity index (χ3v) is 6.43. The zero-order valence-corrected chi connectivity index (χ0v) is 19.5. The number of benzene rings is 2. The van der Waals surface area contributed by atoms with E-state index in [-0.39, 0.29) is 23.8 Å². The minimum Gasteiger partial charge on any atom is -0.493 e. The van der Waals surface area contributed by atoms with Crippen LogP contribution in [0.3, 0.4) is 0 Å². The Labute approximate surface area is 197 Å². The van der Waals surface area contributed by atoms with Crippen molar-refractivity contribution in [1.82, 2.24) is 0 Å². The number of Topliss-reactive ketones (excluding diaryl/α,β-unsaturated/α-hetero) is 1. The van der Waals surface area contributed by atoms with E-state index in [1.807, 2.05) is 0 Å². The number of nitrogens with zero attached hydrogens (tertiary/aromatic N) is 2. The lowest BCUT2D eigenvalue weighted by Gasteiger charge is -2.39. The fourth-order valence-corrected chi connectivity index (χ4v) is 4.89. The molecule has 0 spiro atoms.